The highest BCUT2D eigenvalue weighted by atomic mass is 32.1. The van der Waals surface area contributed by atoms with E-state index in [-0.39, 0.29) is 10.9 Å². The van der Waals surface area contributed by atoms with Crippen LogP contribution in [0.3, 0.4) is 0 Å². The first kappa shape index (κ1) is 24.3. The lowest BCUT2D eigenvalue weighted by Crippen LogP contribution is -2.43. The number of anilines is 1. The van der Waals surface area contributed by atoms with Crippen LogP contribution in [0.25, 0.3) is 11.3 Å². The second kappa shape index (κ2) is 10.5. The van der Waals surface area contributed by atoms with Gasteiger partial charge in [0.25, 0.3) is 0 Å². The highest BCUT2D eigenvalue weighted by Gasteiger charge is 2.37. The molecule has 1 amide bonds. The van der Waals surface area contributed by atoms with Gasteiger partial charge in [-0.3, -0.25) is 15.1 Å². The fourth-order valence-corrected chi connectivity index (χ4v) is 4.67. The number of hydrogen-bond acceptors (Lipinski definition) is 6. The molecule has 3 rings (SSSR count). The standard InChI is InChI=1S/C24H32N4O2SSi/c1-24(2,3)32(4,5)30-16-15-26-21(19-9-7-6-8-10-19)22(29)28-23-27-20(17-31-23)18-11-13-25-14-12-18/h6-14,17,21,26H,15-16H2,1-5H3,(H,27,28,29). The zero-order valence-corrected chi connectivity index (χ0v) is 21.2. The lowest BCUT2D eigenvalue weighted by Gasteiger charge is -2.36. The van der Waals surface area contributed by atoms with Crippen molar-refractivity contribution < 1.29 is 9.22 Å². The van der Waals surface area contributed by atoms with E-state index in [4.69, 9.17) is 4.43 Å². The average molecular weight is 469 g/mol. The van der Waals surface area contributed by atoms with Gasteiger partial charge in [-0.05, 0) is 35.8 Å². The highest BCUT2D eigenvalue weighted by Crippen LogP contribution is 2.36. The Balaban J connectivity index is 1.65. The fraction of sp³-hybridized carbons (Fsp3) is 0.375. The molecule has 2 heterocycles. The minimum absolute atomic E-state index is 0.140. The third kappa shape index (κ3) is 6.32. The molecule has 32 heavy (non-hydrogen) atoms. The van der Waals surface area contributed by atoms with Gasteiger partial charge in [0.2, 0.25) is 5.91 Å². The third-order valence-corrected chi connectivity index (χ3v) is 11.1. The second-order valence-corrected chi connectivity index (χ2v) is 14.8. The van der Waals surface area contributed by atoms with Crippen LogP contribution in [0.4, 0.5) is 5.13 Å². The van der Waals surface area contributed by atoms with Gasteiger partial charge in [-0.25, -0.2) is 4.98 Å². The number of carbonyl (C=O) groups excluding carboxylic acids is 1. The molecule has 0 spiro atoms. The van der Waals surface area contributed by atoms with Crippen molar-refractivity contribution in [1.29, 1.82) is 0 Å². The van der Waals surface area contributed by atoms with Gasteiger partial charge in [0.05, 0.1) is 5.69 Å². The molecule has 0 aliphatic carbocycles. The molecule has 0 aliphatic rings. The molecule has 0 saturated carbocycles. The molecule has 8 heteroatoms. The van der Waals surface area contributed by atoms with E-state index in [1.807, 2.05) is 47.8 Å². The SMILES string of the molecule is CC(C)(C)[Si](C)(C)OCCNC(C(=O)Nc1nc(-c2ccncc2)cs1)c1ccccc1. The Morgan fingerprint density at radius 1 is 1.12 bits per heavy atom. The predicted octanol–water partition coefficient (Wildman–Crippen LogP) is 5.50. The number of benzene rings is 1. The molecule has 0 aliphatic heterocycles. The Kier molecular flexibility index (Phi) is 7.94. The largest absolute Gasteiger partial charge is 0.416 e. The molecule has 2 N–H and O–H groups in total. The quantitative estimate of drug-likeness (QED) is 0.320. The summed E-state index contributed by atoms with van der Waals surface area (Å²) in [5.74, 6) is -0.140. The Labute approximate surface area is 195 Å². The fourth-order valence-electron chi connectivity index (χ4n) is 2.90. The van der Waals surface area contributed by atoms with Gasteiger partial charge in [0.15, 0.2) is 13.4 Å². The van der Waals surface area contributed by atoms with E-state index in [2.05, 4.69) is 54.5 Å². The summed E-state index contributed by atoms with van der Waals surface area (Å²) in [5.41, 5.74) is 2.69. The van der Waals surface area contributed by atoms with E-state index in [1.165, 1.54) is 11.3 Å². The van der Waals surface area contributed by atoms with E-state index < -0.39 is 14.4 Å². The van der Waals surface area contributed by atoms with Crippen LogP contribution < -0.4 is 10.6 Å². The molecule has 0 radical (unpaired) electrons. The number of nitrogens with one attached hydrogen (secondary N) is 2. The van der Waals surface area contributed by atoms with Crippen LogP contribution in [-0.2, 0) is 9.22 Å². The molecule has 170 valence electrons. The van der Waals surface area contributed by atoms with Gasteiger partial charge in [-0.1, -0.05) is 51.1 Å². The maximum absolute atomic E-state index is 13.2. The van der Waals surface area contributed by atoms with Gasteiger partial charge in [-0.2, -0.15) is 0 Å². The number of aromatic nitrogens is 2. The lowest BCUT2D eigenvalue weighted by atomic mass is 10.1. The van der Waals surface area contributed by atoms with Crippen LogP contribution in [0, 0.1) is 0 Å². The van der Waals surface area contributed by atoms with E-state index in [0.29, 0.717) is 18.3 Å². The molecule has 6 nitrogen and oxygen atoms in total. The monoisotopic (exact) mass is 468 g/mol. The van der Waals surface area contributed by atoms with Crippen molar-refractivity contribution in [2.24, 2.45) is 0 Å². The summed E-state index contributed by atoms with van der Waals surface area (Å²) in [7, 11) is -1.83. The number of pyridine rings is 1. The number of amides is 1. The Morgan fingerprint density at radius 2 is 1.81 bits per heavy atom. The van der Waals surface area contributed by atoms with E-state index in [0.717, 1.165) is 16.8 Å². The summed E-state index contributed by atoms with van der Waals surface area (Å²) in [4.78, 5) is 21.8. The number of rotatable bonds is 9. The van der Waals surface area contributed by atoms with Crippen LogP contribution in [0.15, 0.2) is 60.2 Å². The van der Waals surface area contributed by atoms with Crippen molar-refractivity contribution in [2.75, 3.05) is 18.5 Å². The smallest absolute Gasteiger partial charge is 0.247 e. The second-order valence-electron chi connectivity index (χ2n) is 9.17. The van der Waals surface area contributed by atoms with E-state index in [1.54, 1.807) is 12.4 Å². The molecule has 0 saturated heterocycles. The zero-order chi connectivity index (χ0) is 23.2. The summed E-state index contributed by atoms with van der Waals surface area (Å²) in [6, 6.07) is 13.0. The lowest BCUT2D eigenvalue weighted by molar-refractivity contribution is -0.118. The molecular formula is C24H32N4O2SSi. The minimum atomic E-state index is -1.83. The van der Waals surface area contributed by atoms with Crippen molar-refractivity contribution in [3.05, 3.63) is 65.8 Å². The first-order chi connectivity index (χ1) is 15.2. The first-order valence-electron chi connectivity index (χ1n) is 10.8. The summed E-state index contributed by atoms with van der Waals surface area (Å²) in [6.07, 6.45) is 3.46. The van der Waals surface area contributed by atoms with Crippen LogP contribution in [0.5, 0.6) is 0 Å². The predicted molar refractivity (Wildman–Crippen MR) is 134 cm³/mol. The first-order valence-corrected chi connectivity index (χ1v) is 14.6. The molecular weight excluding hydrogens is 436 g/mol. The van der Waals surface area contributed by atoms with Crippen molar-refractivity contribution in [1.82, 2.24) is 15.3 Å². The topological polar surface area (TPSA) is 76.1 Å². The number of hydrogen-bond donors (Lipinski definition) is 2. The van der Waals surface area contributed by atoms with E-state index >= 15 is 0 Å². The van der Waals surface area contributed by atoms with Crippen LogP contribution in [0.1, 0.15) is 32.4 Å². The van der Waals surface area contributed by atoms with Crippen molar-refractivity contribution in [3.8, 4) is 11.3 Å². The maximum atomic E-state index is 13.2. The molecule has 1 atom stereocenters. The summed E-state index contributed by atoms with van der Waals surface area (Å²) in [5, 5.41) is 9.00. The highest BCUT2D eigenvalue weighted by molar-refractivity contribution is 7.14. The average Bonchev–Trinajstić information content (AvgIpc) is 3.22. The molecule has 0 fully saturated rings. The number of carbonyl (C=O) groups is 1. The van der Waals surface area contributed by atoms with Crippen LogP contribution >= 0.6 is 11.3 Å². The van der Waals surface area contributed by atoms with Crippen LogP contribution in [-0.4, -0.2) is 37.3 Å². The van der Waals surface area contributed by atoms with Gasteiger partial charge in [-0.15, -0.1) is 11.3 Å². The molecule has 1 unspecified atom stereocenters. The summed E-state index contributed by atoms with van der Waals surface area (Å²) in [6.45, 7) is 12.3. The van der Waals surface area contributed by atoms with Gasteiger partial charge >= 0.3 is 0 Å². The maximum Gasteiger partial charge on any atom is 0.247 e. The summed E-state index contributed by atoms with van der Waals surface area (Å²) < 4.78 is 6.26. The normalized spacial score (nSPS) is 13.0. The molecule has 0 bridgehead atoms. The van der Waals surface area contributed by atoms with Crippen molar-refractivity contribution in [2.45, 2.75) is 44.9 Å². The Hall–Kier alpha value is -2.39. The Morgan fingerprint density at radius 3 is 2.47 bits per heavy atom. The van der Waals surface area contributed by atoms with Gasteiger partial charge in [0.1, 0.15) is 6.04 Å². The number of nitrogens with zero attached hydrogens (tertiary/aromatic N) is 2. The molecule has 3 aromatic rings. The van der Waals surface area contributed by atoms with Crippen molar-refractivity contribution >= 4 is 30.7 Å². The molecule has 1 aromatic carbocycles. The zero-order valence-electron chi connectivity index (χ0n) is 19.4. The van der Waals surface area contributed by atoms with Gasteiger partial charge < -0.3 is 9.74 Å². The summed E-state index contributed by atoms with van der Waals surface area (Å²) >= 11 is 1.41. The van der Waals surface area contributed by atoms with Crippen LogP contribution in [0.2, 0.25) is 18.1 Å². The number of thiazole rings is 1. The van der Waals surface area contributed by atoms with E-state index in [9.17, 15) is 4.79 Å². The Bertz CT molecular complexity index is 1000. The third-order valence-electron chi connectivity index (χ3n) is 5.83. The molecule has 2 aromatic heterocycles. The van der Waals surface area contributed by atoms with Crippen molar-refractivity contribution in [3.63, 3.8) is 0 Å². The minimum Gasteiger partial charge on any atom is -0.416 e. The van der Waals surface area contributed by atoms with Gasteiger partial charge in [0, 0.05) is 36.5 Å².